The van der Waals surface area contributed by atoms with Crippen molar-refractivity contribution in [2.45, 2.75) is 32.4 Å². The van der Waals surface area contributed by atoms with Gasteiger partial charge in [0.1, 0.15) is 5.69 Å². The number of nitrogens with one attached hydrogen (secondary N) is 1. The summed E-state index contributed by atoms with van der Waals surface area (Å²) >= 11 is 0. The summed E-state index contributed by atoms with van der Waals surface area (Å²) in [5.74, 6) is 1.13. The number of likely N-dealkylation sites (tertiary alicyclic amines) is 1. The normalized spacial score (nSPS) is 15.3. The first-order valence-corrected chi connectivity index (χ1v) is 8.15. The molecule has 0 spiro atoms. The van der Waals surface area contributed by atoms with Crippen LogP contribution in [0.4, 0.5) is 5.82 Å². The van der Waals surface area contributed by atoms with Crippen molar-refractivity contribution in [2.24, 2.45) is 0 Å². The molecular weight excluding hydrogens is 308 g/mol. The van der Waals surface area contributed by atoms with Crippen LogP contribution in [0.3, 0.4) is 0 Å². The summed E-state index contributed by atoms with van der Waals surface area (Å²) in [6.45, 7) is 4.15. The fraction of sp³-hybridized carbons (Fsp3) is 0.500. The van der Waals surface area contributed by atoms with Crippen LogP contribution in [0, 0.1) is 0 Å². The summed E-state index contributed by atoms with van der Waals surface area (Å²) in [5.41, 5.74) is 0.513. The van der Waals surface area contributed by atoms with Crippen LogP contribution in [0.25, 0.3) is 0 Å². The highest BCUT2D eigenvalue weighted by molar-refractivity contribution is 5.92. The van der Waals surface area contributed by atoms with Crippen molar-refractivity contribution in [3.63, 3.8) is 0 Å². The highest BCUT2D eigenvalue weighted by Gasteiger charge is 2.25. The van der Waals surface area contributed by atoms with E-state index in [1.165, 1.54) is 0 Å². The molecule has 0 atom stereocenters. The summed E-state index contributed by atoms with van der Waals surface area (Å²) in [6, 6.07) is 2.02. The van der Waals surface area contributed by atoms with Gasteiger partial charge in [-0.05, 0) is 25.8 Å². The molecule has 1 amide bonds. The van der Waals surface area contributed by atoms with Gasteiger partial charge in [0.25, 0.3) is 11.8 Å². The SMILES string of the molecule is CCn1ccc(C(=O)N2CCC(Nc3nccnc3OC)CC2)n1. The van der Waals surface area contributed by atoms with Crippen molar-refractivity contribution < 1.29 is 9.53 Å². The molecule has 0 saturated carbocycles. The second-order valence-corrected chi connectivity index (χ2v) is 5.68. The number of amides is 1. The van der Waals surface area contributed by atoms with Crippen LogP contribution in [0.1, 0.15) is 30.3 Å². The third-order valence-electron chi connectivity index (χ3n) is 4.16. The predicted molar refractivity (Wildman–Crippen MR) is 89.0 cm³/mol. The van der Waals surface area contributed by atoms with Crippen molar-refractivity contribution in [1.82, 2.24) is 24.6 Å². The Morgan fingerprint density at radius 3 is 2.75 bits per heavy atom. The van der Waals surface area contributed by atoms with Crippen LogP contribution in [0.15, 0.2) is 24.7 Å². The molecule has 8 heteroatoms. The minimum atomic E-state index is -0.00210. The average molecular weight is 330 g/mol. The quantitative estimate of drug-likeness (QED) is 0.892. The maximum absolute atomic E-state index is 12.5. The minimum absolute atomic E-state index is 0.00210. The van der Waals surface area contributed by atoms with E-state index in [0.29, 0.717) is 30.5 Å². The number of hydrogen-bond acceptors (Lipinski definition) is 6. The molecule has 8 nitrogen and oxygen atoms in total. The Morgan fingerprint density at radius 2 is 2.08 bits per heavy atom. The number of carbonyl (C=O) groups excluding carboxylic acids is 1. The number of carbonyl (C=O) groups is 1. The van der Waals surface area contributed by atoms with Crippen LogP contribution < -0.4 is 10.1 Å². The Morgan fingerprint density at radius 1 is 1.33 bits per heavy atom. The standard InChI is InChI=1S/C16H22N6O2/c1-3-22-11-6-13(20-22)16(23)21-9-4-12(5-10-21)19-14-15(24-2)18-8-7-17-14/h6-8,11-12H,3-5,9-10H2,1-2H3,(H,17,19). The van der Waals surface area contributed by atoms with Crippen molar-refractivity contribution in [3.05, 3.63) is 30.4 Å². The molecule has 3 heterocycles. The number of aryl methyl sites for hydroxylation is 1. The lowest BCUT2D eigenvalue weighted by Gasteiger charge is -2.32. The van der Waals surface area contributed by atoms with E-state index < -0.39 is 0 Å². The van der Waals surface area contributed by atoms with E-state index in [0.717, 1.165) is 19.4 Å². The molecule has 1 aliphatic heterocycles. The van der Waals surface area contributed by atoms with Crippen molar-refractivity contribution in [2.75, 3.05) is 25.5 Å². The van der Waals surface area contributed by atoms with E-state index in [-0.39, 0.29) is 11.9 Å². The second kappa shape index (κ2) is 7.29. The van der Waals surface area contributed by atoms with E-state index >= 15 is 0 Å². The van der Waals surface area contributed by atoms with Gasteiger partial charge in [0.15, 0.2) is 5.82 Å². The summed E-state index contributed by atoms with van der Waals surface area (Å²) in [5, 5.41) is 7.64. The lowest BCUT2D eigenvalue weighted by atomic mass is 10.0. The zero-order valence-electron chi connectivity index (χ0n) is 14.0. The maximum atomic E-state index is 12.5. The first kappa shape index (κ1) is 16.2. The highest BCUT2D eigenvalue weighted by atomic mass is 16.5. The van der Waals surface area contributed by atoms with Gasteiger partial charge in [0, 0.05) is 44.3 Å². The molecule has 0 unspecified atom stereocenters. The topological polar surface area (TPSA) is 85.2 Å². The molecule has 0 aliphatic carbocycles. The molecule has 24 heavy (non-hydrogen) atoms. The van der Waals surface area contributed by atoms with Gasteiger partial charge < -0.3 is 15.0 Å². The van der Waals surface area contributed by atoms with Crippen LogP contribution in [-0.4, -0.2) is 56.8 Å². The van der Waals surface area contributed by atoms with E-state index in [9.17, 15) is 4.79 Å². The molecule has 128 valence electrons. The predicted octanol–water partition coefficient (Wildman–Crippen LogP) is 1.42. The molecule has 1 fully saturated rings. The summed E-state index contributed by atoms with van der Waals surface area (Å²) in [4.78, 5) is 22.7. The zero-order chi connectivity index (χ0) is 16.9. The zero-order valence-corrected chi connectivity index (χ0v) is 14.0. The number of hydrogen-bond donors (Lipinski definition) is 1. The Bertz CT molecular complexity index is 693. The molecule has 1 N–H and O–H groups in total. The van der Waals surface area contributed by atoms with E-state index in [4.69, 9.17) is 4.74 Å². The van der Waals surface area contributed by atoms with Crippen LogP contribution in [-0.2, 0) is 6.54 Å². The Balaban J connectivity index is 1.56. The van der Waals surface area contributed by atoms with Crippen molar-refractivity contribution in [1.29, 1.82) is 0 Å². The highest BCUT2D eigenvalue weighted by Crippen LogP contribution is 2.22. The van der Waals surface area contributed by atoms with Gasteiger partial charge in [-0.25, -0.2) is 9.97 Å². The molecule has 1 aliphatic rings. The third-order valence-corrected chi connectivity index (χ3v) is 4.16. The lowest BCUT2D eigenvalue weighted by Crippen LogP contribution is -2.42. The molecule has 1 saturated heterocycles. The first-order valence-electron chi connectivity index (χ1n) is 8.15. The van der Waals surface area contributed by atoms with E-state index in [1.807, 2.05) is 18.0 Å². The molecule has 0 aromatic carbocycles. The molecule has 0 bridgehead atoms. The monoisotopic (exact) mass is 330 g/mol. The van der Waals surface area contributed by atoms with Crippen molar-refractivity contribution in [3.8, 4) is 5.88 Å². The van der Waals surface area contributed by atoms with Gasteiger partial charge in [0.2, 0.25) is 0 Å². The van der Waals surface area contributed by atoms with Crippen molar-refractivity contribution >= 4 is 11.7 Å². The lowest BCUT2D eigenvalue weighted by molar-refractivity contribution is 0.0711. The van der Waals surface area contributed by atoms with Gasteiger partial charge >= 0.3 is 0 Å². The van der Waals surface area contributed by atoms with Gasteiger partial charge in [0.05, 0.1) is 7.11 Å². The number of ether oxygens (including phenoxy) is 1. The molecule has 2 aromatic rings. The molecule has 2 aromatic heterocycles. The number of rotatable bonds is 5. The minimum Gasteiger partial charge on any atom is -0.478 e. The van der Waals surface area contributed by atoms with Crippen LogP contribution in [0.2, 0.25) is 0 Å². The van der Waals surface area contributed by atoms with Crippen LogP contribution in [0.5, 0.6) is 5.88 Å². The number of nitrogens with zero attached hydrogens (tertiary/aromatic N) is 5. The summed E-state index contributed by atoms with van der Waals surface area (Å²) in [7, 11) is 1.58. The number of piperidine rings is 1. The number of aromatic nitrogens is 4. The first-order chi connectivity index (χ1) is 11.7. The van der Waals surface area contributed by atoms with Crippen LogP contribution >= 0.6 is 0 Å². The fourth-order valence-corrected chi connectivity index (χ4v) is 2.81. The second-order valence-electron chi connectivity index (χ2n) is 5.68. The third kappa shape index (κ3) is 3.47. The smallest absolute Gasteiger partial charge is 0.274 e. The Kier molecular flexibility index (Phi) is 4.93. The molecule has 0 radical (unpaired) electrons. The Labute approximate surface area is 140 Å². The molecular formula is C16H22N6O2. The van der Waals surface area contributed by atoms with Gasteiger partial charge in [-0.3, -0.25) is 9.48 Å². The summed E-state index contributed by atoms with van der Waals surface area (Å²) in [6.07, 6.45) is 6.76. The largest absolute Gasteiger partial charge is 0.478 e. The average Bonchev–Trinajstić information content (AvgIpc) is 3.11. The number of methoxy groups -OCH3 is 1. The fourth-order valence-electron chi connectivity index (χ4n) is 2.81. The van der Waals surface area contributed by atoms with Gasteiger partial charge in [-0.1, -0.05) is 0 Å². The summed E-state index contributed by atoms with van der Waals surface area (Å²) < 4.78 is 6.97. The Hall–Kier alpha value is -2.64. The molecule has 3 rings (SSSR count). The van der Waals surface area contributed by atoms with Gasteiger partial charge in [-0.2, -0.15) is 5.10 Å². The van der Waals surface area contributed by atoms with E-state index in [2.05, 4.69) is 20.4 Å². The number of anilines is 1. The maximum Gasteiger partial charge on any atom is 0.274 e. The van der Waals surface area contributed by atoms with E-state index in [1.54, 1.807) is 30.3 Å². The van der Waals surface area contributed by atoms with Gasteiger partial charge in [-0.15, -0.1) is 0 Å².